The van der Waals surface area contributed by atoms with Gasteiger partial charge in [0.1, 0.15) is 6.54 Å². The van der Waals surface area contributed by atoms with E-state index in [1.54, 1.807) is 17.5 Å². The van der Waals surface area contributed by atoms with Crippen molar-refractivity contribution in [3.05, 3.63) is 75.2 Å². The van der Waals surface area contributed by atoms with Crippen molar-refractivity contribution in [1.29, 1.82) is 0 Å². The number of amides is 2. The average Bonchev–Trinajstić information content (AvgIpc) is 3.39. The molecule has 0 bridgehead atoms. The van der Waals surface area contributed by atoms with Gasteiger partial charge in [-0.05, 0) is 30.9 Å². The van der Waals surface area contributed by atoms with Gasteiger partial charge in [0.15, 0.2) is 6.61 Å². The molecule has 2 amide bonds. The number of carbonyl (C=O) groups excluding carboxylic acids is 3. The van der Waals surface area contributed by atoms with Crippen LogP contribution in [0.1, 0.15) is 32.2 Å². The Morgan fingerprint density at radius 1 is 1.06 bits per heavy atom. The second kappa shape index (κ2) is 10.5. The van der Waals surface area contributed by atoms with Crippen molar-refractivity contribution >= 4 is 29.1 Å². The molecule has 31 heavy (non-hydrogen) atoms. The summed E-state index contributed by atoms with van der Waals surface area (Å²) < 4.78 is 6.83. The molecule has 2 N–H and O–H groups in total. The maximum Gasteiger partial charge on any atom is 0.325 e. The van der Waals surface area contributed by atoms with E-state index in [0.29, 0.717) is 11.4 Å². The van der Waals surface area contributed by atoms with Crippen molar-refractivity contribution in [3.8, 4) is 0 Å². The fourth-order valence-electron chi connectivity index (χ4n) is 2.98. The topological polar surface area (TPSA) is 102 Å². The number of esters is 1. The zero-order valence-corrected chi connectivity index (χ0v) is 18.2. The molecule has 3 rings (SSSR count). The van der Waals surface area contributed by atoms with Gasteiger partial charge in [-0.15, -0.1) is 11.3 Å². The molecule has 0 radical (unpaired) electrons. The fourth-order valence-corrected chi connectivity index (χ4v) is 3.62. The molecule has 3 aromatic rings. The summed E-state index contributed by atoms with van der Waals surface area (Å²) in [5.41, 5.74) is 3.87. The number of ether oxygens (including phenoxy) is 1. The molecule has 0 saturated carbocycles. The van der Waals surface area contributed by atoms with Crippen molar-refractivity contribution in [2.24, 2.45) is 0 Å². The summed E-state index contributed by atoms with van der Waals surface area (Å²) in [7, 11) is 0. The lowest BCUT2D eigenvalue weighted by atomic mass is 10.2. The molecule has 0 aliphatic rings. The van der Waals surface area contributed by atoms with Crippen molar-refractivity contribution in [1.82, 2.24) is 20.4 Å². The standard InChI is InChI=1S/C22H24N4O4S/c1-15-18(16(2)26(25-15)13-17-7-4-3-5-8-17)11-23-20(27)14-30-21(28)12-24-22(29)19-9-6-10-31-19/h3-10H,11-14H2,1-2H3,(H,23,27)(H,24,29). The summed E-state index contributed by atoms with van der Waals surface area (Å²) in [4.78, 5) is 36.1. The first-order valence-corrected chi connectivity index (χ1v) is 10.6. The van der Waals surface area contributed by atoms with Crippen LogP contribution >= 0.6 is 11.3 Å². The quantitative estimate of drug-likeness (QED) is 0.497. The van der Waals surface area contributed by atoms with Crippen LogP contribution in [-0.4, -0.2) is 40.7 Å². The minimum absolute atomic E-state index is 0.290. The third kappa shape index (κ3) is 6.26. The third-order valence-electron chi connectivity index (χ3n) is 4.67. The predicted octanol–water partition coefficient (Wildman–Crippen LogP) is 2.20. The number of benzene rings is 1. The second-order valence-electron chi connectivity index (χ2n) is 6.89. The van der Waals surface area contributed by atoms with Crippen molar-refractivity contribution in [2.75, 3.05) is 13.2 Å². The highest BCUT2D eigenvalue weighted by molar-refractivity contribution is 7.12. The van der Waals surface area contributed by atoms with Gasteiger partial charge in [0, 0.05) is 17.8 Å². The maximum absolute atomic E-state index is 12.1. The van der Waals surface area contributed by atoms with E-state index in [0.717, 1.165) is 22.5 Å². The first kappa shape index (κ1) is 22.2. The number of carbonyl (C=O) groups is 3. The summed E-state index contributed by atoms with van der Waals surface area (Å²) in [6.45, 7) is 4.08. The van der Waals surface area contributed by atoms with Gasteiger partial charge in [0.2, 0.25) is 0 Å². The van der Waals surface area contributed by atoms with Crippen molar-refractivity contribution in [2.45, 2.75) is 26.9 Å². The van der Waals surface area contributed by atoms with E-state index in [9.17, 15) is 14.4 Å². The lowest BCUT2D eigenvalue weighted by molar-refractivity contribution is -0.147. The van der Waals surface area contributed by atoms with Crippen LogP contribution in [0, 0.1) is 13.8 Å². The summed E-state index contributed by atoms with van der Waals surface area (Å²) in [6, 6.07) is 13.4. The Kier molecular flexibility index (Phi) is 7.55. The lowest BCUT2D eigenvalue weighted by Crippen LogP contribution is -2.33. The van der Waals surface area contributed by atoms with Gasteiger partial charge in [-0.2, -0.15) is 5.10 Å². The van der Waals surface area contributed by atoms with Crippen LogP contribution in [0.25, 0.3) is 0 Å². The van der Waals surface area contributed by atoms with Crippen LogP contribution in [0.4, 0.5) is 0 Å². The van der Waals surface area contributed by atoms with E-state index in [-0.39, 0.29) is 19.0 Å². The van der Waals surface area contributed by atoms with Gasteiger partial charge in [0.05, 0.1) is 17.1 Å². The SMILES string of the molecule is Cc1nn(Cc2ccccc2)c(C)c1CNC(=O)COC(=O)CNC(=O)c1cccs1. The molecule has 0 aliphatic heterocycles. The molecule has 1 aromatic carbocycles. The minimum atomic E-state index is -0.678. The highest BCUT2D eigenvalue weighted by Gasteiger charge is 2.14. The zero-order chi connectivity index (χ0) is 22.2. The van der Waals surface area contributed by atoms with E-state index in [2.05, 4.69) is 15.7 Å². The number of thiophene rings is 1. The molecule has 0 aliphatic carbocycles. The highest BCUT2D eigenvalue weighted by atomic mass is 32.1. The molecule has 162 valence electrons. The number of nitrogens with one attached hydrogen (secondary N) is 2. The van der Waals surface area contributed by atoms with Crippen LogP contribution < -0.4 is 10.6 Å². The third-order valence-corrected chi connectivity index (χ3v) is 5.54. The molecule has 8 nitrogen and oxygen atoms in total. The van der Waals surface area contributed by atoms with Crippen LogP contribution in [0.15, 0.2) is 47.8 Å². The van der Waals surface area contributed by atoms with Crippen molar-refractivity contribution in [3.63, 3.8) is 0 Å². The zero-order valence-electron chi connectivity index (χ0n) is 17.4. The average molecular weight is 441 g/mol. The van der Waals surface area contributed by atoms with Gasteiger partial charge in [-0.25, -0.2) is 0 Å². The smallest absolute Gasteiger partial charge is 0.325 e. The summed E-state index contributed by atoms with van der Waals surface area (Å²) in [5.74, 6) is -1.45. The molecular weight excluding hydrogens is 416 g/mol. The normalized spacial score (nSPS) is 10.5. The molecule has 2 aromatic heterocycles. The molecule has 9 heteroatoms. The molecular formula is C22H24N4O4S. The minimum Gasteiger partial charge on any atom is -0.454 e. The second-order valence-corrected chi connectivity index (χ2v) is 7.84. The molecule has 0 atom stereocenters. The Hall–Kier alpha value is -3.46. The lowest BCUT2D eigenvalue weighted by Gasteiger charge is -2.08. The highest BCUT2D eigenvalue weighted by Crippen LogP contribution is 2.14. The van der Waals surface area contributed by atoms with Gasteiger partial charge < -0.3 is 15.4 Å². The summed E-state index contributed by atoms with van der Waals surface area (Å²) >= 11 is 1.27. The maximum atomic E-state index is 12.1. The van der Waals surface area contributed by atoms with Gasteiger partial charge in [-0.3, -0.25) is 19.1 Å². The molecule has 0 unspecified atom stereocenters. The number of nitrogens with zero attached hydrogens (tertiary/aromatic N) is 2. The number of rotatable bonds is 9. The van der Waals surface area contributed by atoms with E-state index in [1.807, 2.05) is 48.9 Å². The Bertz CT molecular complexity index is 1050. The van der Waals surface area contributed by atoms with Crippen LogP contribution in [0.5, 0.6) is 0 Å². The first-order valence-electron chi connectivity index (χ1n) is 9.75. The van der Waals surface area contributed by atoms with Gasteiger partial charge >= 0.3 is 5.97 Å². The summed E-state index contributed by atoms with van der Waals surface area (Å²) in [5, 5.41) is 11.5. The molecule has 0 spiro atoms. The number of aromatic nitrogens is 2. The molecule has 0 fully saturated rings. The Morgan fingerprint density at radius 2 is 1.84 bits per heavy atom. The number of aryl methyl sites for hydroxylation is 1. The fraction of sp³-hybridized carbons (Fsp3) is 0.273. The van der Waals surface area contributed by atoms with Crippen LogP contribution in [0.2, 0.25) is 0 Å². The largest absolute Gasteiger partial charge is 0.454 e. The molecule has 0 saturated heterocycles. The molecule has 2 heterocycles. The van der Waals surface area contributed by atoms with Crippen molar-refractivity contribution < 1.29 is 19.1 Å². The monoisotopic (exact) mass is 440 g/mol. The summed E-state index contributed by atoms with van der Waals surface area (Å²) in [6.07, 6.45) is 0. The predicted molar refractivity (Wildman–Crippen MR) is 117 cm³/mol. The van der Waals surface area contributed by atoms with E-state index < -0.39 is 18.5 Å². The van der Waals surface area contributed by atoms with Crippen LogP contribution in [0.3, 0.4) is 0 Å². The number of hydrogen-bond donors (Lipinski definition) is 2. The van der Waals surface area contributed by atoms with E-state index >= 15 is 0 Å². The Morgan fingerprint density at radius 3 is 2.55 bits per heavy atom. The van der Waals surface area contributed by atoms with Gasteiger partial charge in [-0.1, -0.05) is 36.4 Å². The van der Waals surface area contributed by atoms with Crippen LogP contribution in [-0.2, 0) is 27.4 Å². The van der Waals surface area contributed by atoms with E-state index in [1.165, 1.54) is 11.3 Å². The Labute approximate surface area is 184 Å². The first-order chi connectivity index (χ1) is 14.9. The number of hydrogen-bond acceptors (Lipinski definition) is 6. The van der Waals surface area contributed by atoms with E-state index in [4.69, 9.17) is 4.74 Å². The van der Waals surface area contributed by atoms with Gasteiger partial charge in [0.25, 0.3) is 11.8 Å². The Balaban J connectivity index is 1.43.